The zero-order valence-electron chi connectivity index (χ0n) is 10.6. The summed E-state index contributed by atoms with van der Waals surface area (Å²) in [5, 5.41) is 11.0. The molecule has 0 saturated carbocycles. The maximum atomic E-state index is 11.0. The van der Waals surface area contributed by atoms with Crippen LogP contribution in [0.2, 0.25) is 0 Å². The highest BCUT2D eigenvalue weighted by atomic mass is 79.9. The lowest BCUT2D eigenvalue weighted by Gasteiger charge is -2.08. The van der Waals surface area contributed by atoms with Gasteiger partial charge in [0.25, 0.3) is 0 Å². The van der Waals surface area contributed by atoms with Gasteiger partial charge in [-0.2, -0.15) is 0 Å². The van der Waals surface area contributed by atoms with Crippen LogP contribution in [0.25, 0.3) is 0 Å². The zero-order chi connectivity index (χ0) is 14.7. The van der Waals surface area contributed by atoms with Crippen LogP contribution < -0.4 is 10.5 Å². The van der Waals surface area contributed by atoms with Crippen molar-refractivity contribution in [1.29, 1.82) is 0 Å². The van der Waals surface area contributed by atoms with Gasteiger partial charge in [0.05, 0.1) is 4.92 Å². The summed E-state index contributed by atoms with van der Waals surface area (Å²) in [4.78, 5) is 14.6. The van der Waals surface area contributed by atoms with E-state index in [1.54, 1.807) is 24.4 Å². The molecule has 0 radical (unpaired) electrons. The highest BCUT2D eigenvalue weighted by Crippen LogP contribution is 2.33. The smallest absolute Gasteiger partial charge is 0.312 e. The Hall–Kier alpha value is -1.99. The fourth-order valence-electron chi connectivity index (χ4n) is 1.55. The van der Waals surface area contributed by atoms with E-state index in [9.17, 15) is 10.1 Å². The molecule has 0 amide bonds. The van der Waals surface area contributed by atoms with Gasteiger partial charge < -0.3 is 10.5 Å². The molecule has 2 rings (SSSR count). The van der Waals surface area contributed by atoms with Crippen LogP contribution in [0.4, 0.5) is 5.69 Å². The first kappa shape index (κ1) is 14.4. The zero-order valence-corrected chi connectivity index (χ0v) is 12.2. The quantitative estimate of drug-likeness (QED) is 0.680. The second kappa shape index (κ2) is 5.98. The molecule has 0 aliphatic rings. The molecule has 0 bridgehead atoms. The van der Waals surface area contributed by atoms with Crippen LogP contribution >= 0.6 is 15.9 Å². The SMILES string of the molecule is C[C@@H](N)c1ccc(Oc2ccc(Br)cc2[N+](=O)[O-])nc1. The molecule has 2 N–H and O–H groups in total. The Labute approximate surface area is 123 Å². The average Bonchev–Trinajstić information content (AvgIpc) is 2.41. The van der Waals surface area contributed by atoms with Gasteiger partial charge in [-0.1, -0.05) is 22.0 Å². The molecule has 1 aromatic heterocycles. The van der Waals surface area contributed by atoms with Crippen molar-refractivity contribution in [3.8, 4) is 11.6 Å². The van der Waals surface area contributed by atoms with E-state index in [1.165, 1.54) is 12.1 Å². The van der Waals surface area contributed by atoms with Gasteiger partial charge in [-0.15, -0.1) is 0 Å². The minimum Gasteiger partial charge on any atom is -0.432 e. The fourth-order valence-corrected chi connectivity index (χ4v) is 1.90. The van der Waals surface area contributed by atoms with E-state index in [2.05, 4.69) is 20.9 Å². The number of pyridine rings is 1. The van der Waals surface area contributed by atoms with Crippen molar-refractivity contribution in [3.63, 3.8) is 0 Å². The van der Waals surface area contributed by atoms with Crippen LogP contribution in [0.3, 0.4) is 0 Å². The van der Waals surface area contributed by atoms with E-state index in [1.807, 2.05) is 6.92 Å². The highest BCUT2D eigenvalue weighted by Gasteiger charge is 2.16. The summed E-state index contributed by atoms with van der Waals surface area (Å²) in [6, 6.07) is 7.84. The molecule has 2 aromatic rings. The Morgan fingerprint density at radius 2 is 2.15 bits per heavy atom. The number of rotatable bonds is 4. The predicted octanol–water partition coefficient (Wildman–Crippen LogP) is 3.56. The van der Waals surface area contributed by atoms with Gasteiger partial charge in [-0.05, 0) is 24.6 Å². The first-order valence-electron chi connectivity index (χ1n) is 5.80. The summed E-state index contributed by atoms with van der Waals surface area (Å²) in [6.45, 7) is 1.84. The molecule has 0 spiro atoms. The molecular weight excluding hydrogens is 326 g/mol. The van der Waals surface area contributed by atoms with Gasteiger partial charge in [-0.25, -0.2) is 4.98 Å². The van der Waals surface area contributed by atoms with E-state index in [-0.39, 0.29) is 23.4 Å². The summed E-state index contributed by atoms with van der Waals surface area (Å²) in [6.07, 6.45) is 1.59. The first-order valence-corrected chi connectivity index (χ1v) is 6.60. The van der Waals surface area contributed by atoms with Crippen molar-refractivity contribution in [1.82, 2.24) is 4.98 Å². The average molecular weight is 338 g/mol. The lowest BCUT2D eigenvalue weighted by atomic mass is 10.2. The van der Waals surface area contributed by atoms with Crippen LogP contribution in [0.5, 0.6) is 11.6 Å². The molecule has 1 atom stereocenters. The third-order valence-electron chi connectivity index (χ3n) is 2.62. The lowest BCUT2D eigenvalue weighted by molar-refractivity contribution is -0.385. The number of hydrogen-bond donors (Lipinski definition) is 1. The predicted molar refractivity (Wildman–Crippen MR) is 77.7 cm³/mol. The Morgan fingerprint density at radius 3 is 2.70 bits per heavy atom. The number of nitro groups is 1. The third kappa shape index (κ3) is 3.31. The van der Waals surface area contributed by atoms with Gasteiger partial charge in [-0.3, -0.25) is 10.1 Å². The van der Waals surface area contributed by atoms with Crippen molar-refractivity contribution >= 4 is 21.6 Å². The number of ether oxygens (including phenoxy) is 1. The molecule has 1 heterocycles. The van der Waals surface area contributed by atoms with Crippen LogP contribution in [-0.2, 0) is 0 Å². The highest BCUT2D eigenvalue weighted by molar-refractivity contribution is 9.10. The number of hydrogen-bond acceptors (Lipinski definition) is 5. The maximum Gasteiger partial charge on any atom is 0.312 e. The van der Waals surface area contributed by atoms with Crippen molar-refractivity contribution in [2.75, 3.05) is 0 Å². The summed E-state index contributed by atoms with van der Waals surface area (Å²) in [7, 11) is 0. The molecule has 1 aromatic carbocycles. The van der Waals surface area contributed by atoms with E-state index < -0.39 is 4.92 Å². The van der Waals surface area contributed by atoms with Crippen molar-refractivity contribution in [2.45, 2.75) is 13.0 Å². The van der Waals surface area contributed by atoms with E-state index in [0.29, 0.717) is 4.47 Å². The molecule has 7 heteroatoms. The Morgan fingerprint density at radius 1 is 1.40 bits per heavy atom. The van der Waals surface area contributed by atoms with Crippen LogP contribution in [0, 0.1) is 10.1 Å². The van der Waals surface area contributed by atoms with Gasteiger partial charge in [0.15, 0.2) is 0 Å². The number of nitrogens with zero attached hydrogens (tertiary/aromatic N) is 2. The number of aromatic nitrogens is 1. The molecule has 104 valence electrons. The molecule has 20 heavy (non-hydrogen) atoms. The molecule has 0 aliphatic carbocycles. The summed E-state index contributed by atoms with van der Waals surface area (Å²) in [5.41, 5.74) is 6.46. The van der Waals surface area contributed by atoms with Gasteiger partial charge in [0, 0.05) is 28.8 Å². The van der Waals surface area contributed by atoms with Gasteiger partial charge in [0.2, 0.25) is 11.6 Å². The van der Waals surface area contributed by atoms with E-state index in [0.717, 1.165) is 5.56 Å². The molecule has 6 nitrogen and oxygen atoms in total. The van der Waals surface area contributed by atoms with Crippen LogP contribution in [0.1, 0.15) is 18.5 Å². The standard InChI is InChI=1S/C13H12BrN3O3/c1-8(15)9-2-5-13(16-7-9)20-12-4-3-10(14)6-11(12)17(18)19/h2-8H,15H2,1H3/t8-/m1/s1. The minimum absolute atomic E-state index is 0.126. The van der Waals surface area contributed by atoms with Crippen LogP contribution in [0.15, 0.2) is 41.0 Å². The topological polar surface area (TPSA) is 91.3 Å². The summed E-state index contributed by atoms with van der Waals surface area (Å²) in [5.74, 6) is 0.416. The molecule has 0 fully saturated rings. The van der Waals surface area contributed by atoms with Crippen molar-refractivity contribution in [2.24, 2.45) is 5.73 Å². The Bertz CT molecular complexity index is 629. The number of halogens is 1. The minimum atomic E-state index is -0.504. The molecule has 0 saturated heterocycles. The Kier molecular flexibility index (Phi) is 4.31. The number of nitro benzene ring substituents is 1. The largest absolute Gasteiger partial charge is 0.432 e. The summed E-state index contributed by atoms with van der Waals surface area (Å²) >= 11 is 3.19. The monoisotopic (exact) mass is 337 g/mol. The first-order chi connectivity index (χ1) is 9.47. The number of nitrogens with two attached hydrogens (primary N) is 1. The second-order valence-corrected chi connectivity index (χ2v) is 5.11. The summed E-state index contributed by atoms with van der Waals surface area (Å²) < 4.78 is 6.05. The third-order valence-corrected chi connectivity index (χ3v) is 3.11. The van der Waals surface area contributed by atoms with Crippen molar-refractivity contribution in [3.05, 3.63) is 56.7 Å². The van der Waals surface area contributed by atoms with Crippen LogP contribution in [-0.4, -0.2) is 9.91 Å². The molecule has 0 unspecified atom stereocenters. The van der Waals surface area contributed by atoms with E-state index >= 15 is 0 Å². The molecular formula is C13H12BrN3O3. The van der Waals surface area contributed by atoms with Gasteiger partial charge in [0.1, 0.15) is 0 Å². The normalized spacial score (nSPS) is 11.9. The Balaban J connectivity index is 2.28. The lowest BCUT2D eigenvalue weighted by Crippen LogP contribution is -2.05. The van der Waals surface area contributed by atoms with Crippen molar-refractivity contribution < 1.29 is 9.66 Å². The van der Waals surface area contributed by atoms with E-state index in [4.69, 9.17) is 10.5 Å². The number of benzene rings is 1. The van der Waals surface area contributed by atoms with Gasteiger partial charge >= 0.3 is 5.69 Å². The second-order valence-electron chi connectivity index (χ2n) is 4.19. The molecule has 0 aliphatic heterocycles. The fraction of sp³-hybridized carbons (Fsp3) is 0.154. The maximum absolute atomic E-state index is 11.0.